The van der Waals surface area contributed by atoms with Crippen LogP contribution in [0.4, 0.5) is 5.82 Å². The molecule has 3 rings (SSSR count). The summed E-state index contributed by atoms with van der Waals surface area (Å²) in [6.07, 6.45) is 1.41. The van der Waals surface area contributed by atoms with Gasteiger partial charge in [0.25, 0.3) is 5.91 Å². The van der Waals surface area contributed by atoms with Crippen LogP contribution in [0, 0.1) is 0 Å². The number of nitrogens with zero attached hydrogens (tertiary/aromatic N) is 1. The SMILES string of the molecule is NC(=O)c1cnc(N)c2cc(-c3ccc(CO)s3)sc12. The normalized spacial score (nSPS) is 11.1. The number of anilines is 1. The zero-order chi connectivity index (χ0) is 14.3. The first-order valence-electron chi connectivity index (χ1n) is 5.78. The monoisotopic (exact) mass is 305 g/mol. The Morgan fingerprint density at radius 3 is 2.75 bits per heavy atom. The quantitative estimate of drug-likeness (QED) is 0.690. The van der Waals surface area contributed by atoms with Crippen LogP contribution in [-0.4, -0.2) is 16.0 Å². The molecule has 102 valence electrons. The van der Waals surface area contributed by atoms with Gasteiger partial charge in [0, 0.05) is 26.2 Å². The maximum absolute atomic E-state index is 11.4. The largest absolute Gasteiger partial charge is 0.391 e. The van der Waals surface area contributed by atoms with Crippen molar-refractivity contribution in [2.45, 2.75) is 6.61 Å². The molecule has 3 aromatic rings. The Bertz CT molecular complexity index is 807. The fraction of sp³-hybridized carbons (Fsp3) is 0.0769. The number of carbonyl (C=O) groups is 1. The summed E-state index contributed by atoms with van der Waals surface area (Å²) in [5.41, 5.74) is 11.6. The molecule has 1 amide bonds. The van der Waals surface area contributed by atoms with Gasteiger partial charge in [0.2, 0.25) is 0 Å². The molecule has 0 radical (unpaired) electrons. The van der Waals surface area contributed by atoms with Crippen LogP contribution < -0.4 is 11.5 Å². The summed E-state index contributed by atoms with van der Waals surface area (Å²) in [5, 5.41) is 9.86. The highest BCUT2D eigenvalue weighted by molar-refractivity contribution is 7.26. The highest BCUT2D eigenvalue weighted by Crippen LogP contribution is 2.39. The number of nitrogens with two attached hydrogens (primary N) is 2. The Hall–Kier alpha value is -1.96. The lowest BCUT2D eigenvalue weighted by Crippen LogP contribution is -2.11. The van der Waals surface area contributed by atoms with E-state index >= 15 is 0 Å². The zero-order valence-corrected chi connectivity index (χ0v) is 11.9. The molecule has 0 unspecified atom stereocenters. The molecule has 20 heavy (non-hydrogen) atoms. The van der Waals surface area contributed by atoms with E-state index in [1.165, 1.54) is 28.9 Å². The smallest absolute Gasteiger partial charge is 0.251 e. The molecule has 0 aromatic carbocycles. The maximum atomic E-state index is 11.4. The second-order valence-corrected chi connectivity index (χ2v) is 6.42. The number of hydrogen-bond acceptors (Lipinski definition) is 6. The number of rotatable bonds is 3. The standard InChI is InChI=1S/C13H11N3O2S2/c14-12-7-3-10(9-2-1-6(5-17)19-9)20-11(7)8(4-16-12)13(15)18/h1-4,17H,5H2,(H2,14,16)(H2,15,18). The lowest BCUT2D eigenvalue weighted by Gasteiger charge is -1.99. The Morgan fingerprint density at radius 2 is 2.10 bits per heavy atom. The molecule has 5 N–H and O–H groups in total. The number of primary amides is 1. The summed E-state index contributed by atoms with van der Waals surface area (Å²) in [6, 6.07) is 5.72. The van der Waals surface area contributed by atoms with Crippen molar-refractivity contribution in [3.05, 3.63) is 34.8 Å². The summed E-state index contributed by atoms with van der Waals surface area (Å²) in [7, 11) is 0. The fourth-order valence-corrected chi connectivity index (χ4v) is 4.07. The number of nitrogen functional groups attached to an aromatic ring is 1. The topological polar surface area (TPSA) is 102 Å². The lowest BCUT2D eigenvalue weighted by molar-refractivity contribution is 0.100. The number of fused-ring (bicyclic) bond motifs is 1. The van der Waals surface area contributed by atoms with Gasteiger partial charge in [0.15, 0.2) is 0 Å². The number of aliphatic hydroxyl groups is 1. The van der Waals surface area contributed by atoms with Crippen LogP contribution in [-0.2, 0) is 6.61 Å². The second-order valence-electron chi connectivity index (χ2n) is 4.20. The Morgan fingerprint density at radius 1 is 1.30 bits per heavy atom. The first-order chi connectivity index (χ1) is 9.60. The summed E-state index contributed by atoms with van der Waals surface area (Å²) >= 11 is 2.96. The molecule has 0 spiro atoms. The number of hydrogen-bond donors (Lipinski definition) is 3. The van der Waals surface area contributed by atoms with Crippen LogP contribution in [0.5, 0.6) is 0 Å². The average Bonchev–Trinajstić information content (AvgIpc) is 3.05. The molecular formula is C13H11N3O2S2. The van der Waals surface area contributed by atoms with Gasteiger partial charge in [-0.3, -0.25) is 4.79 Å². The zero-order valence-electron chi connectivity index (χ0n) is 10.3. The highest BCUT2D eigenvalue weighted by atomic mass is 32.1. The first kappa shape index (κ1) is 13.0. The average molecular weight is 305 g/mol. The molecule has 0 saturated carbocycles. The van der Waals surface area contributed by atoms with Gasteiger partial charge in [-0.15, -0.1) is 22.7 Å². The number of pyridine rings is 1. The van der Waals surface area contributed by atoms with Crippen LogP contribution in [0.25, 0.3) is 19.8 Å². The third-order valence-corrected chi connectivity index (χ3v) is 5.35. The van der Waals surface area contributed by atoms with Crippen LogP contribution in [0.15, 0.2) is 24.4 Å². The number of aliphatic hydroxyl groups excluding tert-OH is 1. The number of aromatic nitrogens is 1. The van der Waals surface area contributed by atoms with Crippen molar-refractivity contribution in [2.75, 3.05) is 5.73 Å². The van der Waals surface area contributed by atoms with Gasteiger partial charge in [-0.2, -0.15) is 0 Å². The van der Waals surface area contributed by atoms with E-state index in [0.29, 0.717) is 11.4 Å². The predicted octanol–water partition coefficient (Wildman–Crippen LogP) is 2.20. The van der Waals surface area contributed by atoms with Gasteiger partial charge < -0.3 is 16.6 Å². The summed E-state index contributed by atoms with van der Waals surface area (Å²) < 4.78 is 0.749. The molecule has 0 saturated heterocycles. The molecule has 0 aliphatic rings. The van der Waals surface area contributed by atoms with Gasteiger partial charge in [0.05, 0.1) is 16.9 Å². The van der Waals surface area contributed by atoms with Gasteiger partial charge in [-0.25, -0.2) is 4.98 Å². The Labute approximate surface area is 122 Å². The fourth-order valence-electron chi connectivity index (χ4n) is 1.94. The molecule has 0 bridgehead atoms. The van der Waals surface area contributed by atoms with Gasteiger partial charge >= 0.3 is 0 Å². The molecule has 5 nitrogen and oxygen atoms in total. The first-order valence-corrected chi connectivity index (χ1v) is 7.41. The van der Waals surface area contributed by atoms with Crippen LogP contribution >= 0.6 is 22.7 Å². The van der Waals surface area contributed by atoms with E-state index in [4.69, 9.17) is 16.6 Å². The molecule has 0 fully saturated rings. The molecule has 7 heteroatoms. The minimum Gasteiger partial charge on any atom is -0.391 e. The van der Waals surface area contributed by atoms with Crippen molar-refractivity contribution in [2.24, 2.45) is 5.73 Å². The van der Waals surface area contributed by atoms with Crippen molar-refractivity contribution < 1.29 is 9.90 Å². The molecule has 0 atom stereocenters. The third-order valence-electron chi connectivity index (χ3n) is 2.91. The van der Waals surface area contributed by atoms with Crippen molar-refractivity contribution in [3.63, 3.8) is 0 Å². The predicted molar refractivity (Wildman–Crippen MR) is 81.8 cm³/mol. The minimum absolute atomic E-state index is 0.0196. The van der Waals surface area contributed by atoms with E-state index in [-0.39, 0.29) is 6.61 Å². The summed E-state index contributed by atoms with van der Waals surface area (Å²) in [5.74, 6) is -0.135. The van der Waals surface area contributed by atoms with E-state index in [0.717, 1.165) is 24.7 Å². The number of carbonyl (C=O) groups excluding carboxylic acids is 1. The van der Waals surface area contributed by atoms with Gasteiger partial charge in [0.1, 0.15) is 5.82 Å². The van der Waals surface area contributed by atoms with Crippen LogP contribution in [0.3, 0.4) is 0 Å². The van der Waals surface area contributed by atoms with E-state index in [1.807, 2.05) is 18.2 Å². The van der Waals surface area contributed by atoms with Crippen molar-refractivity contribution in [3.8, 4) is 9.75 Å². The van der Waals surface area contributed by atoms with E-state index < -0.39 is 5.91 Å². The summed E-state index contributed by atoms with van der Waals surface area (Å²) in [4.78, 5) is 18.3. The van der Waals surface area contributed by atoms with Crippen molar-refractivity contribution >= 4 is 44.5 Å². The van der Waals surface area contributed by atoms with Crippen LogP contribution in [0.2, 0.25) is 0 Å². The van der Waals surface area contributed by atoms with Crippen molar-refractivity contribution in [1.29, 1.82) is 0 Å². The molecule has 3 aromatic heterocycles. The van der Waals surface area contributed by atoms with E-state index in [9.17, 15) is 4.79 Å². The maximum Gasteiger partial charge on any atom is 0.251 e. The Kier molecular flexibility index (Phi) is 3.17. The molecule has 3 heterocycles. The third kappa shape index (κ3) is 2.05. The molecular weight excluding hydrogens is 294 g/mol. The van der Waals surface area contributed by atoms with E-state index in [1.54, 1.807) is 0 Å². The van der Waals surface area contributed by atoms with Crippen molar-refractivity contribution in [1.82, 2.24) is 4.98 Å². The highest BCUT2D eigenvalue weighted by Gasteiger charge is 2.15. The number of thiophene rings is 2. The van der Waals surface area contributed by atoms with Gasteiger partial charge in [-0.1, -0.05) is 0 Å². The van der Waals surface area contributed by atoms with Crippen LogP contribution in [0.1, 0.15) is 15.2 Å². The summed E-state index contributed by atoms with van der Waals surface area (Å²) in [6.45, 7) is 0.0196. The second kappa shape index (κ2) is 4.86. The van der Waals surface area contributed by atoms with E-state index in [2.05, 4.69) is 4.98 Å². The Balaban J connectivity index is 2.21. The minimum atomic E-state index is -0.516. The molecule has 0 aliphatic heterocycles. The molecule has 0 aliphatic carbocycles. The lowest BCUT2D eigenvalue weighted by atomic mass is 10.2. The number of amides is 1. The van der Waals surface area contributed by atoms with Gasteiger partial charge in [-0.05, 0) is 18.2 Å².